The van der Waals surface area contributed by atoms with Crippen LogP contribution in [0, 0.1) is 5.41 Å². The Bertz CT molecular complexity index is 688. The molecular weight excluding hydrogens is 244 g/mol. The van der Waals surface area contributed by atoms with Gasteiger partial charge < -0.3 is 0 Å². The van der Waals surface area contributed by atoms with Gasteiger partial charge in [0.2, 0.25) is 0 Å². The van der Waals surface area contributed by atoms with Crippen LogP contribution in [0.1, 0.15) is 19.3 Å². The Morgan fingerprint density at radius 1 is 1.33 bits per heavy atom. The van der Waals surface area contributed by atoms with Gasteiger partial charge in [-0.3, -0.25) is 4.57 Å². The molecule has 0 atom stereocenters. The van der Waals surface area contributed by atoms with E-state index in [1.54, 1.807) is 6.20 Å². The molecule has 4 heteroatoms. The Balaban J connectivity index is 2.03. The van der Waals surface area contributed by atoms with Crippen LogP contribution in [0.15, 0.2) is 34.1 Å². The number of para-hydroxylation sites is 1. The van der Waals surface area contributed by atoms with Crippen molar-refractivity contribution >= 4 is 22.7 Å². The highest BCUT2D eigenvalue weighted by Crippen LogP contribution is 2.48. The molecule has 0 unspecified atom stereocenters. The lowest BCUT2D eigenvalue weighted by Crippen LogP contribution is -2.39. The van der Waals surface area contributed by atoms with Crippen molar-refractivity contribution in [2.24, 2.45) is 5.41 Å². The average molecular weight is 258 g/mol. The molecule has 92 valence electrons. The van der Waals surface area contributed by atoms with E-state index in [2.05, 4.69) is 17.1 Å². The summed E-state index contributed by atoms with van der Waals surface area (Å²) >= 11 is 1.91. The number of nitrogens with zero attached hydrogens (tertiary/aromatic N) is 2. The smallest absolute Gasteiger partial charge is 0.290 e. The fraction of sp³-hybridized carbons (Fsp3) is 0.429. The molecule has 1 aliphatic carbocycles. The number of hydrogen-bond acceptors (Lipinski definition) is 3. The minimum absolute atomic E-state index is 0.0938. The zero-order chi connectivity index (χ0) is 12.2. The van der Waals surface area contributed by atoms with E-state index in [4.69, 9.17) is 0 Å². The summed E-state index contributed by atoms with van der Waals surface area (Å²) in [7, 11) is 0. The summed E-state index contributed by atoms with van der Waals surface area (Å²) < 4.78 is 1.91. The summed E-state index contributed by atoms with van der Waals surface area (Å²) in [6, 6.07) is 6.22. The molecule has 18 heavy (non-hydrogen) atoms. The zero-order valence-corrected chi connectivity index (χ0v) is 10.9. The molecule has 3 nitrogen and oxygen atoms in total. The van der Waals surface area contributed by atoms with Crippen LogP contribution in [-0.4, -0.2) is 15.3 Å². The maximum Gasteiger partial charge on any atom is 0.348 e. The van der Waals surface area contributed by atoms with Crippen LogP contribution in [-0.2, 0) is 6.54 Å². The van der Waals surface area contributed by atoms with Crippen molar-refractivity contribution < 1.29 is 0 Å². The van der Waals surface area contributed by atoms with E-state index in [1.807, 2.05) is 22.4 Å². The van der Waals surface area contributed by atoms with E-state index in [9.17, 15) is 4.79 Å². The van der Waals surface area contributed by atoms with Gasteiger partial charge >= 0.3 is 5.69 Å². The monoisotopic (exact) mass is 258 g/mol. The SMILES string of the molecule is O=c1ncc2cccc3c2n1CC1(CCC1)CS3. The first kappa shape index (κ1) is 10.6. The Labute approximate surface area is 109 Å². The number of rotatable bonds is 0. The minimum atomic E-state index is -0.0938. The molecule has 1 aromatic carbocycles. The number of aromatic nitrogens is 2. The second-order valence-corrected chi connectivity index (χ2v) is 6.48. The lowest BCUT2D eigenvalue weighted by molar-refractivity contribution is 0.139. The van der Waals surface area contributed by atoms with Crippen molar-refractivity contribution in [3.8, 4) is 0 Å². The Kier molecular flexibility index (Phi) is 2.13. The molecule has 1 fully saturated rings. The highest BCUT2D eigenvalue weighted by molar-refractivity contribution is 7.99. The molecule has 0 saturated heterocycles. The molecule has 0 N–H and O–H groups in total. The summed E-state index contributed by atoms with van der Waals surface area (Å²) in [4.78, 5) is 17.3. The summed E-state index contributed by atoms with van der Waals surface area (Å²) in [5.74, 6) is 1.13. The summed E-state index contributed by atoms with van der Waals surface area (Å²) in [5.41, 5.74) is 1.33. The van der Waals surface area contributed by atoms with Gasteiger partial charge in [0.1, 0.15) is 0 Å². The van der Waals surface area contributed by atoms with Gasteiger partial charge in [0.15, 0.2) is 0 Å². The van der Waals surface area contributed by atoms with Crippen molar-refractivity contribution in [1.82, 2.24) is 9.55 Å². The number of thioether (sulfide) groups is 1. The van der Waals surface area contributed by atoms with Crippen LogP contribution >= 0.6 is 11.8 Å². The van der Waals surface area contributed by atoms with Crippen molar-refractivity contribution in [1.29, 1.82) is 0 Å². The molecule has 1 saturated carbocycles. The van der Waals surface area contributed by atoms with Crippen LogP contribution in [0.3, 0.4) is 0 Å². The topological polar surface area (TPSA) is 34.9 Å². The third-order valence-electron chi connectivity index (χ3n) is 4.29. The van der Waals surface area contributed by atoms with Gasteiger partial charge in [-0.2, -0.15) is 0 Å². The number of benzene rings is 1. The van der Waals surface area contributed by atoms with E-state index in [0.29, 0.717) is 5.41 Å². The number of hydrogen-bond donors (Lipinski definition) is 0. The van der Waals surface area contributed by atoms with E-state index in [-0.39, 0.29) is 5.69 Å². The summed E-state index contributed by atoms with van der Waals surface area (Å²) in [5, 5.41) is 1.08. The molecular formula is C14H14N2OS. The van der Waals surface area contributed by atoms with Crippen molar-refractivity contribution in [3.63, 3.8) is 0 Å². The van der Waals surface area contributed by atoms with E-state index in [1.165, 1.54) is 24.2 Å². The van der Waals surface area contributed by atoms with Crippen LogP contribution < -0.4 is 5.69 Å². The first-order chi connectivity index (χ1) is 8.77. The van der Waals surface area contributed by atoms with Crippen molar-refractivity contribution in [2.75, 3.05) is 5.75 Å². The van der Waals surface area contributed by atoms with Gasteiger partial charge in [-0.15, -0.1) is 11.8 Å². The third kappa shape index (κ3) is 1.38. The first-order valence-electron chi connectivity index (χ1n) is 6.39. The fourth-order valence-electron chi connectivity index (χ4n) is 3.08. The van der Waals surface area contributed by atoms with E-state index in [0.717, 1.165) is 23.2 Å². The van der Waals surface area contributed by atoms with Crippen molar-refractivity contribution in [2.45, 2.75) is 30.7 Å². The standard InChI is InChI=1S/C14H14N2OS/c17-13-15-7-10-3-1-4-11-12(10)16(13)8-14(9-18-11)5-2-6-14/h1,3-4,7H,2,5-6,8-9H2. The fourth-order valence-corrected chi connectivity index (χ4v) is 4.46. The van der Waals surface area contributed by atoms with E-state index >= 15 is 0 Å². The largest absolute Gasteiger partial charge is 0.348 e. The van der Waals surface area contributed by atoms with Crippen LogP contribution in [0.25, 0.3) is 10.9 Å². The van der Waals surface area contributed by atoms with Gasteiger partial charge in [-0.05, 0) is 24.3 Å². The molecule has 1 spiro atoms. The Morgan fingerprint density at radius 2 is 2.22 bits per heavy atom. The summed E-state index contributed by atoms with van der Waals surface area (Å²) in [6.07, 6.45) is 5.50. The normalized spacial score (nSPS) is 20.7. The highest BCUT2D eigenvalue weighted by atomic mass is 32.2. The zero-order valence-electron chi connectivity index (χ0n) is 10.1. The minimum Gasteiger partial charge on any atom is -0.290 e. The molecule has 1 aliphatic heterocycles. The van der Waals surface area contributed by atoms with Gasteiger partial charge in [0.05, 0.1) is 5.52 Å². The first-order valence-corrected chi connectivity index (χ1v) is 7.37. The predicted molar refractivity (Wildman–Crippen MR) is 73.0 cm³/mol. The summed E-state index contributed by atoms with van der Waals surface area (Å²) in [6.45, 7) is 0.847. The molecule has 0 amide bonds. The quantitative estimate of drug-likeness (QED) is 0.728. The molecule has 2 aliphatic rings. The van der Waals surface area contributed by atoms with Crippen LogP contribution in [0.4, 0.5) is 0 Å². The van der Waals surface area contributed by atoms with Crippen LogP contribution in [0.5, 0.6) is 0 Å². The maximum absolute atomic E-state index is 12.1. The molecule has 2 aromatic rings. The van der Waals surface area contributed by atoms with Crippen molar-refractivity contribution in [3.05, 3.63) is 34.9 Å². The van der Waals surface area contributed by atoms with Gasteiger partial charge in [0, 0.05) is 28.8 Å². The van der Waals surface area contributed by atoms with Gasteiger partial charge in [-0.1, -0.05) is 18.6 Å². The average Bonchev–Trinajstić information content (AvgIpc) is 2.52. The second-order valence-electron chi connectivity index (χ2n) is 5.46. The third-order valence-corrected chi connectivity index (χ3v) is 5.68. The highest BCUT2D eigenvalue weighted by Gasteiger charge is 2.39. The maximum atomic E-state index is 12.1. The van der Waals surface area contributed by atoms with E-state index < -0.39 is 0 Å². The van der Waals surface area contributed by atoms with Gasteiger partial charge in [-0.25, -0.2) is 9.78 Å². The lowest BCUT2D eigenvalue weighted by Gasteiger charge is -2.40. The lowest BCUT2D eigenvalue weighted by atomic mass is 9.70. The predicted octanol–water partition coefficient (Wildman–Crippen LogP) is 2.67. The molecule has 0 bridgehead atoms. The Hall–Kier alpha value is -1.29. The molecule has 2 heterocycles. The molecule has 1 aromatic heterocycles. The van der Waals surface area contributed by atoms with Crippen LogP contribution in [0.2, 0.25) is 0 Å². The second kappa shape index (κ2) is 3.60. The molecule has 0 radical (unpaired) electrons. The van der Waals surface area contributed by atoms with Gasteiger partial charge in [0.25, 0.3) is 0 Å². The molecule has 4 rings (SSSR count). The Morgan fingerprint density at radius 3 is 3.00 bits per heavy atom.